The average molecular weight is 244 g/mol. The van der Waals surface area contributed by atoms with Crippen molar-refractivity contribution >= 4 is 37.2 Å². The van der Waals surface area contributed by atoms with E-state index in [9.17, 15) is 0 Å². The van der Waals surface area contributed by atoms with Crippen LogP contribution in [0.3, 0.4) is 0 Å². The normalized spacial score (nSPS) is 16.2. The molecule has 0 aromatic heterocycles. The van der Waals surface area contributed by atoms with E-state index in [2.05, 4.69) is 38.1 Å². The summed E-state index contributed by atoms with van der Waals surface area (Å²) in [6.45, 7) is 8.74. The first-order chi connectivity index (χ1) is 5.19. The van der Waals surface area contributed by atoms with Gasteiger partial charge in [-0.1, -0.05) is 39.9 Å². The van der Waals surface area contributed by atoms with Crippen LogP contribution in [0.1, 0.15) is 20.3 Å². The van der Waals surface area contributed by atoms with Crippen LogP contribution < -0.4 is 4.65 Å². The number of hydrogen-bond donors (Lipinski definition) is 1. The van der Waals surface area contributed by atoms with Gasteiger partial charge in [-0.15, -0.1) is 22.2 Å². The van der Waals surface area contributed by atoms with Crippen LogP contribution in [-0.2, 0) is 0 Å². The summed E-state index contributed by atoms with van der Waals surface area (Å²) in [5.74, 6) is 0. The molecule has 0 heterocycles. The summed E-state index contributed by atoms with van der Waals surface area (Å²) >= 11 is 12.6. The quantitative estimate of drug-likeness (QED) is 0.588. The van der Waals surface area contributed by atoms with Crippen molar-refractivity contribution < 1.29 is 0 Å². The molecule has 0 amide bonds. The summed E-state index contributed by atoms with van der Waals surface area (Å²) in [6.07, 6.45) is 1.05. The fourth-order valence-electron chi connectivity index (χ4n) is 0.880. The Morgan fingerprint density at radius 2 is 1.67 bits per heavy atom. The van der Waals surface area contributed by atoms with Crippen molar-refractivity contribution in [3.63, 3.8) is 0 Å². The molecule has 0 rings (SSSR count). The Hall–Kier alpha value is 0.974. The van der Waals surface area contributed by atoms with Crippen LogP contribution in [0.15, 0.2) is 0 Å². The minimum absolute atomic E-state index is 0.424. The summed E-state index contributed by atoms with van der Waals surface area (Å²) in [5.41, 5.74) is 0.424. The van der Waals surface area contributed by atoms with E-state index in [0.29, 0.717) is 5.54 Å². The number of rotatable bonds is 4. The largest absolute Gasteiger partial charge is 0.335 e. The second-order valence-corrected chi connectivity index (χ2v) is 16.2. The molecule has 0 saturated heterocycles. The molecular weight excluding hydrogens is 225 g/mol. The maximum absolute atomic E-state index is 6.30. The van der Waals surface area contributed by atoms with Crippen molar-refractivity contribution in [1.82, 2.24) is 4.65 Å². The Kier molecular flexibility index (Phi) is 4.83. The SMILES string of the molecule is CCC(C)[Si](Cl)(Cl)N[Si](C)(C)C. The molecule has 1 nitrogen and oxygen atoms in total. The monoisotopic (exact) mass is 243 g/mol. The lowest BCUT2D eigenvalue weighted by molar-refractivity contribution is 0.851. The first-order valence-electron chi connectivity index (χ1n) is 4.36. The van der Waals surface area contributed by atoms with Gasteiger partial charge in [-0.05, 0) is 5.54 Å². The van der Waals surface area contributed by atoms with Gasteiger partial charge in [0.25, 0.3) is 0 Å². The fourth-order valence-corrected chi connectivity index (χ4v) is 12.4. The Morgan fingerprint density at radius 3 is 1.92 bits per heavy atom. The predicted molar refractivity (Wildman–Crippen MR) is 63.7 cm³/mol. The Bertz CT molecular complexity index is 145. The molecule has 5 heteroatoms. The van der Waals surface area contributed by atoms with E-state index in [1.54, 1.807) is 0 Å². The van der Waals surface area contributed by atoms with Crippen LogP contribution in [-0.4, -0.2) is 15.1 Å². The second-order valence-electron chi connectivity index (χ2n) is 4.31. The number of halogens is 2. The van der Waals surface area contributed by atoms with Crippen molar-refractivity contribution in [2.24, 2.45) is 0 Å². The van der Waals surface area contributed by atoms with Crippen LogP contribution in [0.25, 0.3) is 0 Å². The highest BCUT2D eigenvalue weighted by Gasteiger charge is 2.38. The molecule has 1 N–H and O–H groups in total. The molecule has 0 bridgehead atoms. The number of hydrogen-bond acceptors (Lipinski definition) is 1. The summed E-state index contributed by atoms with van der Waals surface area (Å²) in [7, 11) is -1.32. The Labute approximate surface area is 87.4 Å². The zero-order chi connectivity index (χ0) is 9.99. The number of nitrogens with one attached hydrogen (secondary N) is 1. The minimum atomic E-state index is -2.19. The summed E-state index contributed by atoms with van der Waals surface area (Å²) in [4.78, 5) is 0. The molecule has 12 heavy (non-hydrogen) atoms. The molecule has 0 aliphatic rings. The third-order valence-electron chi connectivity index (χ3n) is 1.77. The molecule has 0 spiro atoms. The maximum Gasteiger partial charge on any atom is 0.318 e. The fraction of sp³-hybridized carbons (Fsp3) is 1.00. The van der Waals surface area contributed by atoms with Crippen molar-refractivity contribution in [3.05, 3.63) is 0 Å². The summed E-state index contributed by atoms with van der Waals surface area (Å²) < 4.78 is 3.45. The van der Waals surface area contributed by atoms with Crippen molar-refractivity contribution in [2.75, 3.05) is 0 Å². The van der Waals surface area contributed by atoms with Crippen molar-refractivity contribution in [1.29, 1.82) is 0 Å². The molecule has 0 aromatic carbocycles. The van der Waals surface area contributed by atoms with E-state index in [1.165, 1.54) is 0 Å². The molecule has 0 aliphatic carbocycles. The maximum atomic E-state index is 6.30. The van der Waals surface area contributed by atoms with Crippen LogP contribution in [0.4, 0.5) is 0 Å². The van der Waals surface area contributed by atoms with Crippen LogP contribution in [0, 0.1) is 0 Å². The molecular formula is C7H19Cl2NSi2. The van der Waals surface area contributed by atoms with Gasteiger partial charge in [-0.3, -0.25) is 0 Å². The van der Waals surface area contributed by atoms with Crippen LogP contribution in [0.5, 0.6) is 0 Å². The first-order valence-corrected chi connectivity index (χ1v) is 12.0. The third-order valence-corrected chi connectivity index (χ3v) is 11.7. The van der Waals surface area contributed by atoms with Gasteiger partial charge in [0.2, 0.25) is 0 Å². The summed E-state index contributed by atoms with van der Waals surface area (Å²) in [5, 5.41) is 0. The third kappa shape index (κ3) is 4.87. The molecule has 1 atom stereocenters. The molecule has 74 valence electrons. The van der Waals surface area contributed by atoms with E-state index < -0.39 is 15.1 Å². The molecule has 0 fully saturated rings. The van der Waals surface area contributed by atoms with Gasteiger partial charge >= 0.3 is 6.86 Å². The smallest absolute Gasteiger partial charge is 0.318 e. The molecule has 1 unspecified atom stereocenters. The minimum Gasteiger partial charge on any atom is -0.335 e. The van der Waals surface area contributed by atoms with Gasteiger partial charge in [0.15, 0.2) is 0 Å². The lowest BCUT2D eigenvalue weighted by Gasteiger charge is -2.31. The lowest BCUT2D eigenvalue weighted by Crippen LogP contribution is -2.56. The summed E-state index contributed by atoms with van der Waals surface area (Å²) in [6, 6.07) is 0. The van der Waals surface area contributed by atoms with Crippen molar-refractivity contribution in [2.45, 2.75) is 45.5 Å². The van der Waals surface area contributed by atoms with Gasteiger partial charge in [-0.25, -0.2) is 0 Å². The highest BCUT2D eigenvalue weighted by molar-refractivity contribution is 7.46. The molecule has 0 saturated carbocycles. The van der Waals surface area contributed by atoms with Gasteiger partial charge in [0, 0.05) is 0 Å². The second kappa shape index (κ2) is 4.46. The van der Waals surface area contributed by atoms with E-state index in [-0.39, 0.29) is 0 Å². The molecule has 0 radical (unpaired) electrons. The zero-order valence-corrected chi connectivity index (χ0v) is 12.1. The molecule has 0 aliphatic heterocycles. The standard InChI is InChI=1S/C7H19Cl2NSi2/c1-6-7(2)12(8,9)10-11(3,4)5/h7,10H,6H2,1-5H3. The van der Waals surface area contributed by atoms with Gasteiger partial charge < -0.3 is 4.65 Å². The van der Waals surface area contributed by atoms with Crippen LogP contribution in [0.2, 0.25) is 25.2 Å². The first kappa shape index (κ1) is 13.0. The van der Waals surface area contributed by atoms with E-state index in [0.717, 1.165) is 6.42 Å². The van der Waals surface area contributed by atoms with Crippen LogP contribution >= 0.6 is 22.2 Å². The molecule has 0 aromatic rings. The van der Waals surface area contributed by atoms with Crippen molar-refractivity contribution in [3.8, 4) is 0 Å². The lowest BCUT2D eigenvalue weighted by atomic mass is 10.4. The topological polar surface area (TPSA) is 12.0 Å². The Morgan fingerprint density at radius 1 is 1.25 bits per heavy atom. The van der Waals surface area contributed by atoms with E-state index in [1.807, 2.05) is 0 Å². The van der Waals surface area contributed by atoms with Gasteiger partial charge in [0.1, 0.15) is 8.24 Å². The highest BCUT2D eigenvalue weighted by Crippen LogP contribution is 2.30. The van der Waals surface area contributed by atoms with Gasteiger partial charge in [-0.2, -0.15) is 0 Å². The Balaban J connectivity index is 4.22. The van der Waals surface area contributed by atoms with E-state index in [4.69, 9.17) is 22.2 Å². The average Bonchev–Trinajstić information content (AvgIpc) is 1.80. The highest BCUT2D eigenvalue weighted by atomic mass is 35.7. The zero-order valence-electron chi connectivity index (χ0n) is 8.54. The van der Waals surface area contributed by atoms with Gasteiger partial charge in [0.05, 0.1) is 0 Å². The van der Waals surface area contributed by atoms with E-state index >= 15 is 0 Å². The predicted octanol–water partition coefficient (Wildman–Crippen LogP) is 3.63.